The standard InChI is InChI=1S/C10H18N4O/c1-9-3-6-13-10(14-9)12-5-2-7-15-8-4-11/h3,6H,2,4-5,7-8,11H2,1H3,(H,12,13,14). The second kappa shape index (κ2) is 7.14. The fourth-order valence-corrected chi connectivity index (χ4v) is 1.09. The summed E-state index contributed by atoms with van der Waals surface area (Å²) < 4.78 is 5.24. The van der Waals surface area contributed by atoms with Gasteiger partial charge in [-0.25, -0.2) is 9.97 Å². The number of nitrogens with two attached hydrogens (primary N) is 1. The van der Waals surface area contributed by atoms with Crippen molar-refractivity contribution in [2.75, 3.05) is 31.6 Å². The second-order valence-corrected chi connectivity index (χ2v) is 3.20. The Kier molecular flexibility index (Phi) is 5.65. The molecule has 0 radical (unpaired) electrons. The maximum Gasteiger partial charge on any atom is 0.222 e. The van der Waals surface area contributed by atoms with Crippen molar-refractivity contribution < 1.29 is 4.74 Å². The molecule has 0 unspecified atom stereocenters. The van der Waals surface area contributed by atoms with E-state index in [9.17, 15) is 0 Å². The first kappa shape index (κ1) is 11.9. The van der Waals surface area contributed by atoms with Crippen LogP contribution in [0, 0.1) is 6.92 Å². The minimum atomic E-state index is 0.578. The number of ether oxygens (including phenoxy) is 1. The van der Waals surface area contributed by atoms with E-state index in [1.54, 1.807) is 6.20 Å². The molecule has 15 heavy (non-hydrogen) atoms. The van der Waals surface area contributed by atoms with Gasteiger partial charge in [-0.3, -0.25) is 0 Å². The SMILES string of the molecule is Cc1ccnc(NCCCOCCN)n1. The van der Waals surface area contributed by atoms with E-state index < -0.39 is 0 Å². The van der Waals surface area contributed by atoms with Crippen molar-refractivity contribution in [3.8, 4) is 0 Å². The van der Waals surface area contributed by atoms with Gasteiger partial charge in [0.05, 0.1) is 6.61 Å². The fraction of sp³-hybridized carbons (Fsp3) is 0.600. The van der Waals surface area contributed by atoms with Crippen LogP contribution in [0.25, 0.3) is 0 Å². The number of aryl methyl sites for hydroxylation is 1. The summed E-state index contributed by atoms with van der Waals surface area (Å²) in [5.41, 5.74) is 6.26. The zero-order valence-electron chi connectivity index (χ0n) is 9.07. The minimum absolute atomic E-state index is 0.578. The fourth-order valence-electron chi connectivity index (χ4n) is 1.09. The minimum Gasteiger partial charge on any atom is -0.380 e. The molecule has 1 heterocycles. The zero-order chi connectivity index (χ0) is 10.9. The summed E-state index contributed by atoms with van der Waals surface area (Å²) in [5.74, 6) is 0.675. The number of hydrogen-bond donors (Lipinski definition) is 2. The third-order valence-electron chi connectivity index (χ3n) is 1.81. The average Bonchev–Trinajstić information content (AvgIpc) is 2.23. The summed E-state index contributed by atoms with van der Waals surface area (Å²) in [5, 5.41) is 3.13. The van der Waals surface area contributed by atoms with E-state index in [1.165, 1.54) is 0 Å². The van der Waals surface area contributed by atoms with Crippen molar-refractivity contribution in [2.45, 2.75) is 13.3 Å². The van der Waals surface area contributed by atoms with Crippen LogP contribution in [-0.4, -0.2) is 36.3 Å². The van der Waals surface area contributed by atoms with Crippen molar-refractivity contribution in [2.24, 2.45) is 5.73 Å². The van der Waals surface area contributed by atoms with Crippen LogP contribution in [0.15, 0.2) is 12.3 Å². The Morgan fingerprint density at radius 1 is 1.47 bits per heavy atom. The Morgan fingerprint density at radius 3 is 3.07 bits per heavy atom. The lowest BCUT2D eigenvalue weighted by atomic mass is 10.4. The molecule has 84 valence electrons. The highest BCUT2D eigenvalue weighted by Crippen LogP contribution is 1.98. The third kappa shape index (κ3) is 5.29. The Hall–Kier alpha value is -1.20. The van der Waals surface area contributed by atoms with Crippen molar-refractivity contribution in [3.05, 3.63) is 18.0 Å². The predicted molar refractivity (Wildman–Crippen MR) is 59.7 cm³/mol. The van der Waals surface area contributed by atoms with E-state index in [0.717, 1.165) is 25.3 Å². The molecule has 0 aromatic carbocycles. The van der Waals surface area contributed by atoms with E-state index in [4.69, 9.17) is 10.5 Å². The second-order valence-electron chi connectivity index (χ2n) is 3.20. The van der Waals surface area contributed by atoms with Crippen LogP contribution in [0.4, 0.5) is 5.95 Å². The van der Waals surface area contributed by atoms with Gasteiger partial charge in [0.2, 0.25) is 5.95 Å². The molecule has 1 rings (SSSR count). The molecule has 0 saturated carbocycles. The quantitative estimate of drug-likeness (QED) is 0.643. The van der Waals surface area contributed by atoms with Crippen molar-refractivity contribution in [1.29, 1.82) is 0 Å². The van der Waals surface area contributed by atoms with Crippen LogP contribution in [0.1, 0.15) is 12.1 Å². The van der Waals surface area contributed by atoms with Gasteiger partial charge in [-0.2, -0.15) is 0 Å². The molecular weight excluding hydrogens is 192 g/mol. The largest absolute Gasteiger partial charge is 0.380 e. The number of aromatic nitrogens is 2. The molecule has 0 bridgehead atoms. The molecule has 5 nitrogen and oxygen atoms in total. The Morgan fingerprint density at radius 2 is 2.33 bits per heavy atom. The van der Waals surface area contributed by atoms with Crippen LogP contribution in [0.2, 0.25) is 0 Å². The Labute approximate surface area is 90.1 Å². The normalized spacial score (nSPS) is 10.3. The number of hydrogen-bond acceptors (Lipinski definition) is 5. The summed E-state index contributed by atoms with van der Waals surface area (Å²) in [4.78, 5) is 8.31. The molecule has 0 aliphatic heterocycles. The highest BCUT2D eigenvalue weighted by Gasteiger charge is 1.94. The van der Waals surface area contributed by atoms with E-state index in [0.29, 0.717) is 19.1 Å². The molecule has 1 aromatic rings. The van der Waals surface area contributed by atoms with Gasteiger partial charge in [0.1, 0.15) is 0 Å². The molecular formula is C10H18N4O. The Bertz CT molecular complexity index is 280. The maximum atomic E-state index is 5.29. The summed E-state index contributed by atoms with van der Waals surface area (Å²) in [6.45, 7) is 4.68. The molecule has 0 atom stereocenters. The number of nitrogens with zero attached hydrogens (tertiary/aromatic N) is 2. The van der Waals surface area contributed by atoms with Gasteiger partial charge in [-0.15, -0.1) is 0 Å². The molecule has 0 fully saturated rings. The van der Waals surface area contributed by atoms with E-state index in [1.807, 2.05) is 13.0 Å². The van der Waals surface area contributed by atoms with Crippen molar-refractivity contribution in [3.63, 3.8) is 0 Å². The first-order valence-corrected chi connectivity index (χ1v) is 5.14. The lowest BCUT2D eigenvalue weighted by Gasteiger charge is -2.05. The van der Waals surface area contributed by atoms with Gasteiger partial charge >= 0.3 is 0 Å². The van der Waals surface area contributed by atoms with Gasteiger partial charge in [0.25, 0.3) is 0 Å². The number of rotatable bonds is 7. The topological polar surface area (TPSA) is 73.1 Å². The summed E-state index contributed by atoms with van der Waals surface area (Å²) in [6.07, 6.45) is 2.67. The lowest BCUT2D eigenvalue weighted by molar-refractivity contribution is 0.141. The van der Waals surface area contributed by atoms with Gasteiger partial charge in [0, 0.05) is 31.6 Å². The molecule has 0 saturated heterocycles. The summed E-state index contributed by atoms with van der Waals surface area (Å²) in [6, 6.07) is 1.87. The van der Waals surface area contributed by atoms with E-state index in [2.05, 4.69) is 15.3 Å². The molecule has 0 aliphatic carbocycles. The van der Waals surface area contributed by atoms with Crippen LogP contribution >= 0.6 is 0 Å². The van der Waals surface area contributed by atoms with Gasteiger partial charge in [0.15, 0.2) is 0 Å². The average molecular weight is 210 g/mol. The van der Waals surface area contributed by atoms with E-state index in [-0.39, 0.29) is 0 Å². The van der Waals surface area contributed by atoms with Crippen LogP contribution < -0.4 is 11.1 Å². The van der Waals surface area contributed by atoms with Crippen molar-refractivity contribution >= 4 is 5.95 Å². The molecule has 1 aromatic heterocycles. The molecule has 0 aliphatic rings. The third-order valence-corrected chi connectivity index (χ3v) is 1.81. The van der Waals surface area contributed by atoms with Crippen LogP contribution in [0.5, 0.6) is 0 Å². The van der Waals surface area contributed by atoms with Gasteiger partial charge in [-0.05, 0) is 19.4 Å². The maximum absolute atomic E-state index is 5.29. The number of anilines is 1. The highest BCUT2D eigenvalue weighted by atomic mass is 16.5. The van der Waals surface area contributed by atoms with E-state index >= 15 is 0 Å². The monoisotopic (exact) mass is 210 g/mol. The molecule has 0 amide bonds. The molecule has 3 N–H and O–H groups in total. The lowest BCUT2D eigenvalue weighted by Crippen LogP contribution is -2.12. The smallest absolute Gasteiger partial charge is 0.222 e. The van der Waals surface area contributed by atoms with Gasteiger partial charge < -0.3 is 15.8 Å². The highest BCUT2D eigenvalue weighted by molar-refractivity contribution is 5.24. The van der Waals surface area contributed by atoms with Crippen molar-refractivity contribution in [1.82, 2.24) is 9.97 Å². The van der Waals surface area contributed by atoms with Crippen LogP contribution in [0.3, 0.4) is 0 Å². The summed E-state index contributed by atoms with van der Waals surface area (Å²) in [7, 11) is 0. The molecule has 0 spiro atoms. The predicted octanol–water partition coefficient (Wildman–Crippen LogP) is 0.562. The van der Waals surface area contributed by atoms with Gasteiger partial charge in [-0.1, -0.05) is 0 Å². The Balaban J connectivity index is 2.10. The number of nitrogens with one attached hydrogen (secondary N) is 1. The first-order chi connectivity index (χ1) is 7.33. The summed E-state index contributed by atoms with van der Waals surface area (Å²) >= 11 is 0. The van der Waals surface area contributed by atoms with Crippen LogP contribution in [-0.2, 0) is 4.74 Å². The zero-order valence-corrected chi connectivity index (χ0v) is 9.07. The molecule has 5 heteroatoms. The first-order valence-electron chi connectivity index (χ1n) is 5.14.